The van der Waals surface area contributed by atoms with Gasteiger partial charge in [0.25, 0.3) is 0 Å². The zero-order chi connectivity index (χ0) is 9.41. The Bertz CT molecular complexity index is 187. The highest BCUT2D eigenvalue weighted by Crippen LogP contribution is 2.31. The number of aliphatic hydroxyl groups is 2. The zero-order valence-electron chi connectivity index (χ0n) is 8.04. The van der Waals surface area contributed by atoms with Gasteiger partial charge in [-0.05, 0) is 33.6 Å². The van der Waals surface area contributed by atoms with Gasteiger partial charge in [0, 0.05) is 5.92 Å². The first-order valence-electron chi connectivity index (χ1n) is 4.45. The van der Waals surface area contributed by atoms with E-state index in [0.717, 1.165) is 12.8 Å². The molecule has 0 heterocycles. The summed E-state index contributed by atoms with van der Waals surface area (Å²) in [6, 6.07) is 0. The van der Waals surface area contributed by atoms with E-state index >= 15 is 0 Å². The lowest BCUT2D eigenvalue weighted by atomic mass is 9.79. The Labute approximate surface area is 73.9 Å². The van der Waals surface area contributed by atoms with E-state index < -0.39 is 11.2 Å². The maximum Gasteiger partial charge on any atom is 0.0800 e. The van der Waals surface area contributed by atoms with Crippen molar-refractivity contribution < 1.29 is 10.2 Å². The van der Waals surface area contributed by atoms with E-state index in [0.29, 0.717) is 0 Å². The molecule has 0 bridgehead atoms. The van der Waals surface area contributed by atoms with Gasteiger partial charge in [0.2, 0.25) is 0 Å². The lowest BCUT2D eigenvalue weighted by Gasteiger charge is -2.33. The third-order valence-electron chi connectivity index (χ3n) is 2.56. The number of rotatable bonds is 1. The number of hydrogen-bond donors (Lipinski definition) is 2. The highest BCUT2D eigenvalue weighted by molar-refractivity contribution is 5.08. The molecule has 2 N–H and O–H groups in total. The molecule has 0 radical (unpaired) electrons. The first kappa shape index (κ1) is 9.75. The summed E-state index contributed by atoms with van der Waals surface area (Å²) in [6.45, 7) is 5.41. The summed E-state index contributed by atoms with van der Waals surface area (Å²) in [5, 5.41) is 19.3. The molecule has 0 amide bonds. The van der Waals surface area contributed by atoms with Crippen molar-refractivity contribution in [3.05, 3.63) is 12.2 Å². The molecule has 2 atom stereocenters. The van der Waals surface area contributed by atoms with Gasteiger partial charge in [-0.3, -0.25) is 0 Å². The van der Waals surface area contributed by atoms with Gasteiger partial charge in [0.05, 0.1) is 11.2 Å². The fourth-order valence-electron chi connectivity index (χ4n) is 1.54. The average Bonchev–Trinajstić information content (AvgIpc) is 1.83. The molecule has 12 heavy (non-hydrogen) atoms. The molecule has 0 aliphatic heterocycles. The molecule has 0 unspecified atom stereocenters. The molecule has 0 aromatic rings. The van der Waals surface area contributed by atoms with E-state index in [1.54, 1.807) is 13.0 Å². The molecule has 0 saturated carbocycles. The molecular formula is C10H18O2. The predicted molar refractivity (Wildman–Crippen MR) is 48.8 cm³/mol. The van der Waals surface area contributed by atoms with Crippen LogP contribution in [-0.4, -0.2) is 21.4 Å². The molecule has 0 aromatic heterocycles. The zero-order valence-corrected chi connectivity index (χ0v) is 8.04. The summed E-state index contributed by atoms with van der Waals surface area (Å²) in [6.07, 6.45) is 5.30. The van der Waals surface area contributed by atoms with Crippen LogP contribution in [-0.2, 0) is 0 Å². The van der Waals surface area contributed by atoms with Crippen LogP contribution in [0.1, 0.15) is 33.6 Å². The monoisotopic (exact) mass is 170 g/mol. The fourth-order valence-corrected chi connectivity index (χ4v) is 1.54. The van der Waals surface area contributed by atoms with E-state index in [4.69, 9.17) is 0 Å². The molecule has 0 aromatic carbocycles. The van der Waals surface area contributed by atoms with Crippen LogP contribution in [0, 0.1) is 5.92 Å². The van der Waals surface area contributed by atoms with Gasteiger partial charge in [0.15, 0.2) is 0 Å². The smallest absolute Gasteiger partial charge is 0.0800 e. The van der Waals surface area contributed by atoms with Crippen molar-refractivity contribution in [1.29, 1.82) is 0 Å². The second kappa shape index (κ2) is 2.86. The molecule has 2 nitrogen and oxygen atoms in total. The van der Waals surface area contributed by atoms with Gasteiger partial charge in [0.1, 0.15) is 0 Å². The second-order valence-electron chi connectivity index (χ2n) is 4.52. The van der Waals surface area contributed by atoms with Crippen molar-refractivity contribution in [3.63, 3.8) is 0 Å². The standard InChI is InChI=1S/C10H18O2/c1-9(2,11)8-4-6-10(3,12)7-5-8/h4,6,8,11-12H,5,7H2,1-3H3/t8-,10+/m0/s1. The van der Waals surface area contributed by atoms with Gasteiger partial charge in [-0.15, -0.1) is 0 Å². The highest BCUT2D eigenvalue weighted by Gasteiger charge is 2.31. The minimum atomic E-state index is -0.665. The van der Waals surface area contributed by atoms with E-state index in [2.05, 4.69) is 0 Å². The van der Waals surface area contributed by atoms with Gasteiger partial charge in [-0.2, -0.15) is 0 Å². The van der Waals surface area contributed by atoms with Crippen LogP contribution in [0.4, 0.5) is 0 Å². The Morgan fingerprint density at radius 2 is 2.08 bits per heavy atom. The Morgan fingerprint density at radius 3 is 2.42 bits per heavy atom. The maximum atomic E-state index is 9.68. The van der Waals surface area contributed by atoms with Crippen molar-refractivity contribution in [1.82, 2.24) is 0 Å². The first-order valence-corrected chi connectivity index (χ1v) is 4.45. The van der Waals surface area contributed by atoms with Crippen molar-refractivity contribution in [2.75, 3.05) is 0 Å². The summed E-state index contributed by atoms with van der Waals surface area (Å²) < 4.78 is 0. The Hall–Kier alpha value is -0.340. The molecule has 1 aliphatic rings. The van der Waals surface area contributed by atoms with Crippen molar-refractivity contribution in [3.8, 4) is 0 Å². The molecule has 0 saturated heterocycles. The largest absolute Gasteiger partial charge is 0.390 e. The SMILES string of the molecule is CC(C)(O)[C@H]1C=C[C@@](C)(O)CC1. The minimum absolute atomic E-state index is 0.178. The Kier molecular flexibility index (Phi) is 2.32. The minimum Gasteiger partial charge on any atom is -0.390 e. The summed E-state index contributed by atoms with van der Waals surface area (Å²) in [5.41, 5.74) is -1.32. The third-order valence-corrected chi connectivity index (χ3v) is 2.56. The summed E-state index contributed by atoms with van der Waals surface area (Å²) in [4.78, 5) is 0. The lowest BCUT2D eigenvalue weighted by molar-refractivity contribution is 0.0114. The lowest BCUT2D eigenvalue weighted by Crippen LogP contribution is -2.35. The van der Waals surface area contributed by atoms with Crippen molar-refractivity contribution >= 4 is 0 Å². The van der Waals surface area contributed by atoms with E-state index in [-0.39, 0.29) is 5.92 Å². The van der Waals surface area contributed by atoms with Crippen LogP contribution >= 0.6 is 0 Å². The van der Waals surface area contributed by atoms with E-state index in [9.17, 15) is 10.2 Å². The summed E-state index contributed by atoms with van der Waals surface area (Å²) in [7, 11) is 0. The van der Waals surface area contributed by atoms with Gasteiger partial charge in [-0.1, -0.05) is 12.2 Å². The van der Waals surface area contributed by atoms with Crippen LogP contribution in [0.25, 0.3) is 0 Å². The molecular weight excluding hydrogens is 152 g/mol. The van der Waals surface area contributed by atoms with Crippen molar-refractivity contribution in [2.24, 2.45) is 5.92 Å². The van der Waals surface area contributed by atoms with Crippen LogP contribution in [0.3, 0.4) is 0 Å². The molecule has 2 heteroatoms. The summed E-state index contributed by atoms with van der Waals surface area (Å²) in [5.74, 6) is 0.178. The summed E-state index contributed by atoms with van der Waals surface area (Å²) >= 11 is 0. The normalized spacial score (nSPS) is 36.9. The van der Waals surface area contributed by atoms with Gasteiger partial charge in [-0.25, -0.2) is 0 Å². The quantitative estimate of drug-likeness (QED) is 0.585. The second-order valence-corrected chi connectivity index (χ2v) is 4.52. The van der Waals surface area contributed by atoms with E-state index in [1.807, 2.05) is 19.9 Å². The fraction of sp³-hybridized carbons (Fsp3) is 0.800. The topological polar surface area (TPSA) is 40.5 Å². The Balaban J connectivity index is 2.67. The van der Waals surface area contributed by atoms with Gasteiger partial charge < -0.3 is 10.2 Å². The van der Waals surface area contributed by atoms with E-state index in [1.165, 1.54) is 0 Å². The highest BCUT2D eigenvalue weighted by atomic mass is 16.3. The molecule has 1 aliphatic carbocycles. The van der Waals surface area contributed by atoms with Gasteiger partial charge >= 0.3 is 0 Å². The predicted octanol–water partition coefficient (Wildman–Crippen LogP) is 1.47. The average molecular weight is 170 g/mol. The molecule has 1 rings (SSSR count). The molecule has 0 fully saturated rings. The maximum absolute atomic E-state index is 9.68. The van der Waals surface area contributed by atoms with Crippen molar-refractivity contribution in [2.45, 2.75) is 44.8 Å². The first-order chi connectivity index (χ1) is 5.31. The van der Waals surface area contributed by atoms with Crippen LogP contribution in [0.2, 0.25) is 0 Å². The van der Waals surface area contributed by atoms with Crippen LogP contribution < -0.4 is 0 Å². The third kappa shape index (κ3) is 2.32. The molecule has 70 valence electrons. The van der Waals surface area contributed by atoms with Crippen LogP contribution in [0.15, 0.2) is 12.2 Å². The van der Waals surface area contributed by atoms with Crippen LogP contribution in [0.5, 0.6) is 0 Å². The molecule has 0 spiro atoms. The Morgan fingerprint density at radius 1 is 1.50 bits per heavy atom. The number of hydrogen-bond acceptors (Lipinski definition) is 2.